The molecule has 0 aliphatic heterocycles. The first-order valence-corrected chi connectivity index (χ1v) is 26.2. The van der Waals surface area contributed by atoms with Crippen LogP contribution in [0.25, 0.3) is 114 Å². The highest BCUT2D eigenvalue weighted by atomic mass is 15.2. The van der Waals surface area contributed by atoms with Crippen molar-refractivity contribution in [1.82, 2.24) is 4.57 Å². The summed E-state index contributed by atoms with van der Waals surface area (Å²) in [6.45, 7) is 0. The second-order valence-electron chi connectivity index (χ2n) is 20.6. The van der Waals surface area contributed by atoms with Gasteiger partial charge in [-0.3, -0.25) is 0 Å². The van der Waals surface area contributed by atoms with E-state index in [0.717, 1.165) is 22.7 Å². The molecule has 1 spiro atoms. The van der Waals surface area contributed by atoms with Crippen LogP contribution >= 0.6 is 0 Å². The zero-order valence-electron chi connectivity index (χ0n) is 40.8. The van der Waals surface area contributed by atoms with Gasteiger partial charge >= 0.3 is 0 Å². The van der Waals surface area contributed by atoms with Crippen LogP contribution in [0.2, 0.25) is 0 Å². The van der Waals surface area contributed by atoms with Crippen LogP contribution in [0, 0.1) is 0 Å². The van der Waals surface area contributed by atoms with Gasteiger partial charge in [0.2, 0.25) is 0 Å². The predicted octanol–water partition coefficient (Wildman–Crippen LogP) is 19.5. The molecular weight excluding hydrogens is 905 g/mol. The summed E-state index contributed by atoms with van der Waals surface area (Å²) >= 11 is 0. The Balaban J connectivity index is 1.06. The molecule has 2 aliphatic rings. The molecule has 346 valence electrons. The summed E-state index contributed by atoms with van der Waals surface area (Å²) in [5, 5.41) is 17.5. The van der Waals surface area contributed by atoms with E-state index >= 15 is 0 Å². The summed E-state index contributed by atoms with van der Waals surface area (Å²) in [5.74, 6) is 0. The summed E-state index contributed by atoms with van der Waals surface area (Å²) in [5.41, 5.74) is 16.6. The van der Waals surface area contributed by atoms with Crippen LogP contribution in [-0.4, -0.2) is 4.57 Å². The highest BCUT2D eigenvalue weighted by molar-refractivity contribution is 6.27. The van der Waals surface area contributed by atoms with Crippen molar-refractivity contribution in [2.24, 2.45) is 0 Å². The Hall–Kier alpha value is -9.76. The van der Waals surface area contributed by atoms with E-state index in [-0.39, 0.29) is 0 Å². The number of hydrogen-bond donors (Lipinski definition) is 0. The lowest BCUT2D eigenvalue weighted by Crippen LogP contribution is -2.26. The van der Waals surface area contributed by atoms with Crippen LogP contribution in [0.4, 0.5) is 17.1 Å². The molecule has 14 aromatic carbocycles. The quantitative estimate of drug-likeness (QED) is 0.160. The van der Waals surface area contributed by atoms with Crippen molar-refractivity contribution in [2.45, 2.75) is 5.41 Å². The monoisotopic (exact) mass is 948 g/mol. The van der Waals surface area contributed by atoms with Crippen LogP contribution in [-0.2, 0) is 5.41 Å². The molecule has 17 rings (SSSR count). The van der Waals surface area contributed by atoms with E-state index in [0.29, 0.717) is 0 Å². The van der Waals surface area contributed by atoms with Crippen LogP contribution in [0.3, 0.4) is 0 Å². The van der Waals surface area contributed by atoms with Gasteiger partial charge in [0.05, 0.1) is 27.8 Å². The average Bonchev–Trinajstić information content (AvgIpc) is 4.13. The average molecular weight is 949 g/mol. The van der Waals surface area contributed by atoms with Gasteiger partial charge in [-0.25, -0.2) is 0 Å². The van der Waals surface area contributed by atoms with E-state index in [2.05, 4.69) is 276 Å². The Bertz CT molecular complexity index is 4650. The van der Waals surface area contributed by atoms with Crippen LogP contribution in [0.5, 0.6) is 0 Å². The van der Waals surface area contributed by atoms with Gasteiger partial charge in [0, 0.05) is 22.1 Å². The fourth-order valence-electron chi connectivity index (χ4n) is 14.2. The van der Waals surface area contributed by atoms with Gasteiger partial charge in [-0.05, 0) is 158 Å². The minimum Gasteiger partial charge on any atom is -0.308 e. The maximum absolute atomic E-state index is 2.60. The van der Waals surface area contributed by atoms with Crippen molar-refractivity contribution in [3.8, 4) is 27.9 Å². The van der Waals surface area contributed by atoms with Crippen molar-refractivity contribution >= 4 is 104 Å². The predicted molar refractivity (Wildman–Crippen MR) is 317 cm³/mol. The second kappa shape index (κ2) is 15.1. The van der Waals surface area contributed by atoms with E-state index in [9.17, 15) is 0 Å². The molecule has 0 bridgehead atoms. The lowest BCUT2D eigenvalue weighted by Gasteiger charge is -2.34. The summed E-state index contributed by atoms with van der Waals surface area (Å²) in [6, 6.07) is 101. The fourth-order valence-corrected chi connectivity index (χ4v) is 14.2. The maximum atomic E-state index is 2.60. The minimum absolute atomic E-state index is 0.560. The molecule has 75 heavy (non-hydrogen) atoms. The summed E-state index contributed by atoms with van der Waals surface area (Å²) in [7, 11) is 0. The molecule has 0 saturated carbocycles. The number of benzene rings is 14. The second-order valence-corrected chi connectivity index (χ2v) is 20.6. The molecule has 0 amide bonds. The van der Waals surface area contributed by atoms with Crippen molar-refractivity contribution in [1.29, 1.82) is 0 Å². The SMILES string of the molecule is c1ccc2c(c1)-c1ccccc1C21c2ccccc2-c2cc(-n3c4ccccc4c4ccccc43)c(N(c3ccc4c5ccccc5c5ccccc5c4c3)c3ccc4c5ccccc5c5ccccc5c4c3)cc21. The number of nitrogens with zero attached hydrogens (tertiary/aromatic N) is 2. The Morgan fingerprint density at radius 2 is 0.560 bits per heavy atom. The molecule has 0 radical (unpaired) electrons. The molecule has 2 heteroatoms. The lowest BCUT2D eigenvalue weighted by molar-refractivity contribution is 0.793. The Kier molecular flexibility index (Phi) is 8.24. The molecule has 0 unspecified atom stereocenters. The normalized spacial score (nSPS) is 13.2. The molecule has 1 heterocycles. The zero-order chi connectivity index (χ0) is 48.9. The first kappa shape index (κ1) is 40.8. The third-order valence-electron chi connectivity index (χ3n) is 17.1. The third kappa shape index (κ3) is 5.37. The van der Waals surface area contributed by atoms with Gasteiger partial charge in [-0.1, -0.05) is 218 Å². The van der Waals surface area contributed by atoms with Crippen molar-refractivity contribution in [3.63, 3.8) is 0 Å². The number of hydrogen-bond acceptors (Lipinski definition) is 1. The van der Waals surface area contributed by atoms with Gasteiger partial charge in [-0.15, -0.1) is 0 Å². The van der Waals surface area contributed by atoms with Crippen LogP contribution in [0.1, 0.15) is 22.3 Å². The minimum atomic E-state index is -0.560. The van der Waals surface area contributed by atoms with Gasteiger partial charge in [0.25, 0.3) is 0 Å². The Morgan fingerprint density at radius 1 is 0.240 bits per heavy atom. The molecule has 1 aromatic heterocycles. The first-order valence-electron chi connectivity index (χ1n) is 26.2. The van der Waals surface area contributed by atoms with Crippen molar-refractivity contribution in [2.75, 3.05) is 4.90 Å². The Labute approximate surface area is 433 Å². The number of para-hydroxylation sites is 2. The smallest absolute Gasteiger partial charge is 0.0726 e. The van der Waals surface area contributed by atoms with Crippen LogP contribution in [0.15, 0.2) is 267 Å². The standard InChI is InChI=1S/C73H44N2/c1-3-23-51-47(19-1)49-21-5-7-25-53(49)62-41-45(37-39-55(51)62)74(46-38-40-56-52-24-4-2-20-48(52)50-22-6-8-26-54(50)63(56)42-46)72-44-68-64(43-71(72)75-69-35-17-12-30-60(69)61-31-13-18-36-70(61)75)59-29-11-16-34-67(59)73(68)65-32-14-9-27-57(65)58-28-10-15-33-66(58)73/h1-44H. The lowest BCUT2D eigenvalue weighted by atomic mass is 9.70. The van der Waals surface area contributed by atoms with E-state index in [1.807, 2.05) is 0 Å². The third-order valence-corrected chi connectivity index (χ3v) is 17.1. The fraction of sp³-hybridized carbons (Fsp3) is 0.0137. The van der Waals surface area contributed by atoms with Gasteiger partial charge in [-0.2, -0.15) is 0 Å². The molecule has 0 atom stereocenters. The van der Waals surface area contributed by atoms with E-state index in [1.54, 1.807) is 0 Å². The zero-order valence-corrected chi connectivity index (χ0v) is 40.8. The van der Waals surface area contributed by atoms with Crippen molar-refractivity contribution in [3.05, 3.63) is 289 Å². The summed E-state index contributed by atoms with van der Waals surface area (Å²) < 4.78 is 2.55. The number of rotatable bonds is 4. The molecule has 2 nitrogen and oxygen atoms in total. The molecular formula is C73H44N2. The molecule has 0 saturated heterocycles. The summed E-state index contributed by atoms with van der Waals surface area (Å²) in [6.07, 6.45) is 0. The number of fused-ring (bicyclic) bond motifs is 25. The molecule has 2 aliphatic carbocycles. The molecule has 0 N–H and O–H groups in total. The van der Waals surface area contributed by atoms with Crippen LogP contribution < -0.4 is 4.90 Å². The van der Waals surface area contributed by atoms with Crippen molar-refractivity contribution < 1.29 is 0 Å². The van der Waals surface area contributed by atoms with Gasteiger partial charge in [0.1, 0.15) is 0 Å². The highest BCUT2D eigenvalue weighted by Crippen LogP contribution is 2.64. The summed E-state index contributed by atoms with van der Waals surface area (Å²) in [4.78, 5) is 2.59. The maximum Gasteiger partial charge on any atom is 0.0726 e. The van der Waals surface area contributed by atoms with E-state index < -0.39 is 5.41 Å². The number of aromatic nitrogens is 1. The molecule has 15 aromatic rings. The topological polar surface area (TPSA) is 8.17 Å². The molecule has 0 fully saturated rings. The van der Waals surface area contributed by atoms with E-state index in [1.165, 1.54) is 131 Å². The highest BCUT2D eigenvalue weighted by Gasteiger charge is 2.52. The number of anilines is 3. The van der Waals surface area contributed by atoms with Gasteiger partial charge < -0.3 is 9.47 Å². The Morgan fingerprint density at radius 3 is 0.973 bits per heavy atom. The van der Waals surface area contributed by atoms with Gasteiger partial charge in [0.15, 0.2) is 0 Å². The first-order chi connectivity index (χ1) is 37.2. The largest absolute Gasteiger partial charge is 0.308 e. The van der Waals surface area contributed by atoms with E-state index in [4.69, 9.17) is 0 Å².